The van der Waals surface area contributed by atoms with E-state index in [-0.39, 0.29) is 17.0 Å². The van der Waals surface area contributed by atoms with E-state index in [1.807, 2.05) is 0 Å². The summed E-state index contributed by atoms with van der Waals surface area (Å²) in [6, 6.07) is 2.39. The number of benzene rings is 1. The highest BCUT2D eigenvalue weighted by molar-refractivity contribution is 6.10. The minimum atomic E-state index is -1.04. The maximum atomic E-state index is 13.6. The standard InChI is InChI=1S/C13H8F2N4O/c14-6-1-2-8-12(9(6)15)20-13(19-8)11-10-7(3-4-16-11)17-5-18-10/h1-2,5H,3-4H2,(H,17,18). The number of aliphatic imine (C=N–C) groups is 1. The van der Waals surface area contributed by atoms with E-state index in [1.165, 1.54) is 6.07 Å². The van der Waals surface area contributed by atoms with Crippen molar-refractivity contribution in [1.29, 1.82) is 0 Å². The number of rotatable bonds is 1. The molecule has 0 amide bonds. The van der Waals surface area contributed by atoms with Gasteiger partial charge < -0.3 is 9.40 Å². The van der Waals surface area contributed by atoms with Crippen LogP contribution in [0.2, 0.25) is 0 Å². The average Bonchev–Trinajstić information content (AvgIpc) is 3.09. The summed E-state index contributed by atoms with van der Waals surface area (Å²) in [5.74, 6) is -1.86. The Hall–Kier alpha value is -2.57. The maximum absolute atomic E-state index is 13.6. The zero-order valence-electron chi connectivity index (χ0n) is 10.2. The van der Waals surface area contributed by atoms with Crippen molar-refractivity contribution in [2.45, 2.75) is 6.42 Å². The first-order valence-electron chi connectivity index (χ1n) is 6.06. The summed E-state index contributed by atoms with van der Waals surface area (Å²) in [5.41, 5.74) is 2.09. The molecule has 0 saturated heterocycles. The second-order valence-corrected chi connectivity index (χ2v) is 4.44. The van der Waals surface area contributed by atoms with E-state index in [1.54, 1.807) is 6.33 Å². The molecule has 0 saturated carbocycles. The summed E-state index contributed by atoms with van der Waals surface area (Å²) in [6.07, 6.45) is 2.32. The van der Waals surface area contributed by atoms with Gasteiger partial charge in [-0.1, -0.05) is 0 Å². The van der Waals surface area contributed by atoms with Crippen LogP contribution in [0, 0.1) is 11.6 Å². The summed E-state index contributed by atoms with van der Waals surface area (Å²) < 4.78 is 32.2. The smallest absolute Gasteiger partial charge is 0.248 e. The molecular weight excluding hydrogens is 266 g/mol. The van der Waals surface area contributed by atoms with Crippen molar-refractivity contribution >= 4 is 16.8 Å². The van der Waals surface area contributed by atoms with Gasteiger partial charge in [0.25, 0.3) is 0 Å². The van der Waals surface area contributed by atoms with Crippen molar-refractivity contribution in [2.75, 3.05) is 6.54 Å². The lowest BCUT2D eigenvalue weighted by atomic mass is 10.1. The molecule has 0 fully saturated rings. The van der Waals surface area contributed by atoms with Crippen LogP contribution in [0.1, 0.15) is 17.3 Å². The summed E-state index contributed by atoms with van der Waals surface area (Å²) >= 11 is 0. The van der Waals surface area contributed by atoms with Crippen LogP contribution in [0.25, 0.3) is 11.1 Å². The van der Waals surface area contributed by atoms with Gasteiger partial charge in [-0.2, -0.15) is 4.39 Å². The highest BCUT2D eigenvalue weighted by atomic mass is 19.2. The van der Waals surface area contributed by atoms with Gasteiger partial charge in [0.2, 0.25) is 11.7 Å². The van der Waals surface area contributed by atoms with Crippen LogP contribution in [-0.4, -0.2) is 27.2 Å². The number of hydrogen-bond acceptors (Lipinski definition) is 4. The number of hydrogen-bond donors (Lipinski definition) is 1. The zero-order valence-corrected chi connectivity index (χ0v) is 10.2. The van der Waals surface area contributed by atoms with Gasteiger partial charge >= 0.3 is 0 Å². The molecule has 3 heterocycles. The molecule has 20 heavy (non-hydrogen) atoms. The van der Waals surface area contributed by atoms with Crippen LogP contribution >= 0.6 is 0 Å². The minimum Gasteiger partial charge on any atom is -0.431 e. The van der Waals surface area contributed by atoms with Crippen molar-refractivity contribution in [3.05, 3.63) is 47.4 Å². The topological polar surface area (TPSA) is 67.1 Å². The Labute approximate surface area is 111 Å². The number of aromatic nitrogens is 3. The van der Waals surface area contributed by atoms with E-state index in [4.69, 9.17) is 4.42 Å². The number of imidazole rings is 1. The molecule has 5 nitrogen and oxygen atoms in total. The van der Waals surface area contributed by atoms with Crippen LogP contribution in [0.5, 0.6) is 0 Å². The monoisotopic (exact) mass is 274 g/mol. The van der Waals surface area contributed by atoms with Crippen molar-refractivity contribution < 1.29 is 13.2 Å². The van der Waals surface area contributed by atoms with E-state index >= 15 is 0 Å². The SMILES string of the molecule is Fc1ccc2nc(C3=NCCc4[nH]cnc43)oc2c1F. The Morgan fingerprint density at radius 1 is 1.25 bits per heavy atom. The summed E-state index contributed by atoms with van der Waals surface area (Å²) in [7, 11) is 0. The predicted octanol–water partition coefficient (Wildman–Crippen LogP) is 2.22. The third-order valence-electron chi connectivity index (χ3n) is 3.23. The molecule has 1 aromatic carbocycles. The Morgan fingerprint density at radius 2 is 2.15 bits per heavy atom. The average molecular weight is 274 g/mol. The molecule has 2 aromatic heterocycles. The van der Waals surface area contributed by atoms with Gasteiger partial charge in [-0.25, -0.2) is 14.4 Å². The van der Waals surface area contributed by atoms with Crippen LogP contribution in [-0.2, 0) is 6.42 Å². The first kappa shape index (κ1) is 11.3. The van der Waals surface area contributed by atoms with E-state index in [2.05, 4.69) is 19.9 Å². The normalized spacial score (nSPS) is 14.4. The number of nitrogens with zero attached hydrogens (tertiary/aromatic N) is 3. The Morgan fingerprint density at radius 3 is 3.05 bits per heavy atom. The minimum absolute atomic E-state index is 0.151. The zero-order chi connectivity index (χ0) is 13.7. The van der Waals surface area contributed by atoms with Gasteiger partial charge in [0.15, 0.2) is 11.4 Å². The first-order valence-corrected chi connectivity index (χ1v) is 6.06. The molecule has 0 atom stereocenters. The second-order valence-electron chi connectivity index (χ2n) is 4.44. The Balaban J connectivity index is 1.92. The van der Waals surface area contributed by atoms with Gasteiger partial charge in [0, 0.05) is 18.7 Å². The molecule has 3 aromatic rings. The fourth-order valence-electron chi connectivity index (χ4n) is 2.28. The molecular formula is C13H8F2N4O. The lowest BCUT2D eigenvalue weighted by Gasteiger charge is -2.08. The molecule has 1 aliphatic rings. The van der Waals surface area contributed by atoms with E-state index in [9.17, 15) is 8.78 Å². The number of aromatic amines is 1. The van der Waals surface area contributed by atoms with Gasteiger partial charge in [0.05, 0.1) is 6.33 Å². The lowest BCUT2D eigenvalue weighted by molar-refractivity contribution is 0.488. The maximum Gasteiger partial charge on any atom is 0.248 e. The van der Waals surface area contributed by atoms with Crippen molar-refractivity contribution in [3.8, 4) is 0 Å². The van der Waals surface area contributed by atoms with Gasteiger partial charge in [-0.15, -0.1) is 0 Å². The Kier molecular flexibility index (Phi) is 2.23. The molecule has 0 bridgehead atoms. The fourth-order valence-corrected chi connectivity index (χ4v) is 2.28. The van der Waals surface area contributed by atoms with E-state index < -0.39 is 11.6 Å². The largest absolute Gasteiger partial charge is 0.431 e. The summed E-state index contributed by atoms with van der Waals surface area (Å²) in [6.45, 7) is 0.570. The molecule has 0 spiro atoms. The molecule has 1 aliphatic heterocycles. The fraction of sp³-hybridized carbons (Fsp3) is 0.154. The number of fused-ring (bicyclic) bond motifs is 2. The molecule has 7 heteroatoms. The second kappa shape index (κ2) is 3.96. The third-order valence-corrected chi connectivity index (χ3v) is 3.23. The van der Waals surface area contributed by atoms with Gasteiger partial charge in [-0.3, -0.25) is 4.99 Å². The van der Waals surface area contributed by atoms with Crippen molar-refractivity contribution in [2.24, 2.45) is 4.99 Å². The summed E-state index contributed by atoms with van der Waals surface area (Å²) in [5, 5.41) is 0. The predicted molar refractivity (Wildman–Crippen MR) is 66.7 cm³/mol. The van der Waals surface area contributed by atoms with Crippen molar-refractivity contribution in [1.82, 2.24) is 15.0 Å². The number of oxazole rings is 1. The highest BCUT2D eigenvalue weighted by Crippen LogP contribution is 2.24. The quantitative estimate of drug-likeness (QED) is 0.739. The van der Waals surface area contributed by atoms with Crippen LogP contribution in [0.3, 0.4) is 0 Å². The third kappa shape index (κ3) is 1.49. The molecule has 0 unspecified atom stereocenters. The van der Waals surface area contributed by atoms with Gasteiger partial charge in [-0.05, 0) is 12.1 Å². The molecule has 1 N–H and O–H groups in total. The lowest BCUT2D eigenvalue weighted by Crippen LogP contribution is -2.14. The van der Waals surface area contributed by atoms with E-state index in [0.29, 0.717) is 18.0 Å². The summed E-state index contributed by atoms with van der Waals surface area (Å²) in [4.78, 5) is 15.7. The van der Waals surface area contributed by atoms with Crippen LogP contribution < -0.4 is 0 Å². The number of halogens is 2. The van der Waals surface area contributed by atoms with Gasteiger partial charge in [0.1, 0.15) is 16.9 Å². The number of H-pyrrole nitrogens is 1. The number of nitrogens with one attached hydrogen (secondary N) is 1. The molecule has 0 aliphatic carbocycles. The molecule has 4 rings (SSSR count). The molecule has 0 radical (unpaired) electrons. The van der Waals surface area contributed by atoms with Crippen LogP contribution in [0.4, 0.5) is 8.78 Å². The Bertz CT molecular complexity index is 849. The molecule has 100 valence electrons. The highest BCUT2D eigenvalue weighted by Gasteiger charge is 2.24. The first-order chi connectivity index (χ1) is 9.74. The van der Waals surface area contributed by atoms with Crippen LogP contribution in [0.15, 0.2) is 27.9 Å². The van der Waals surface area contributed by atoms with E-state index in [0.717, 1.165) is 18.2 Å². The van der Waals surface area contributed by atoms with Crippen molar-refractivity contribution in [3.63, 3.8) is 0 Å².